The fourth-order valence-electron chi connectivity index (χ4n) is 2.69. The van der Waals surface area contributed by atoms with Crippen LogP contribution in [-0.4, -0.2) is 12.3 Å². The topological polar surface area (TPSA) is 21.3 Å². The van der Waals surface area contributed by atoms with Gasteiger partial charge in [0, 0.05) is 16.0 Å². The molecule has 2 aliphatic rings. The van der Waals surface area contributed by atoms with Gasteiger partial charge in [0.15, 0.2) is 0 Å². The SMILES string of the molecule is CC(F)[C@]1(c2cc(Br)ccc2F)NO[C@@H]2C[C@@H]21. The van der Waals surface area contributed by atoms with E-state index in [-0.39, 0.29) is 12.0 Å². The van der Waals surface area contributed by atoms with E-state index in [1.165, 1.54) is 13.0 Å². The molecule has 1 aliphatic heterocycles. The van der Waals surface area contributed by atoms with Crippen LogP contribution in [0.3, 0.4) is 0 Å². The van der Waals surface area contributed by atoms with Crippen LogP contribution in [0.2, 0.25) is 0 Å². The van der Waals surface area contributed by atoms with E-state index in [4.69, 9.17) is 4.84 Å². The summed E-state index contributed by atoms with van der Waals surface area (Å²) in [6.45, 7) is 1.44. The van der Waals surface area contributed by atoms with E-state index in [0.717, 1.165) is 10.9 Å². The Balaban J connectivity index is 2.13. The molecule has 17 heavy (non-hydrogen) atoms. The minimum Gasteiger partial charge on any atom is -0.297 e. The molecule has 1 saturated heterocycles. The number of hydrogen-bond donors (Lipinski definition) is 1. The van der Waals surface area contributed by atoms with Crippen LogP contribution >= 0.6 is 15.9 Å². The van der Waals surface area contributed by atoms with Crippen molar-refractivity contribution < 1.29 is 13.6 Å². The maximum atomic E-state index is 14.0. The third kappa shape index (κ3) is 1.56. The Kier molecular flexibility index (Phi) is 2.54. The van der Waals surface area contributed by atoms with E-state index < -0.39 is 17.5 Å². The first kappa shape index (κ1) is 11.6. The summed E-state index contributed by atoms with van der Waals surface area (Å²) in [7, 11) is 0. The Morgan fingerprint density at radius 1 is 1.59 bits per heavy atom. The van der Waals surface area contributed by atoms with Crippen LogP contribution in [0.1, 0.15) is 18.9 Å². The third-order valence-corrected chi connectivity index (χ3v) is 4.19. The Morgan fingerprint density at radius 2 is 2.35 bits per heavy atom. The van der Waals surface area contributed by atoms with Crippen molar-refractivity contribution in [3.63, 3.8) is 0 Å². The highest BCUT2D eigenvalue weighted by molar-refractivity contribution is 9.10. The second kappa shape index (κ2) is 3.73. The van der Waals surface area contributed by atoms with Crippen LogP contribution in [0.25, 0.3) is 0 Å². The summed E-state index contributed by atoms with van der Waals surface area (Å²) < 4.78 is 28.7. The summed E-state index contributed by atoms with van der Waals surface area (Å²) >= 11 is 3.29. The van der Waals surface area contributed by atoms with Gasteiger partial charge in [-0.1, -0.05) is 15.9 Å². The van der Waals surface area contributed by atoms with Gasteiger partial charge < -0.3 is 0 Å². The van der Waals surface area contributed by atoms with Gasteiger partial charge in [0.2, 0.25) is 0 Å². The van der Waals surface area contributed by atoms with E-state index in [0.29, 0.717) is 5.56 Å². The van der Waals surface area contributed by atoms with Gasteiger partial charge in [0.05, 0.1) is 6.10 Å². The smallest absolute Gasteiger partial charge is 0.128 e. The molecule has 1 heterocycles. The van der Waals surface area contributed by atoms with Gasteiger partial charge in [0.25, 0.3) is 0 Å². The summed E-state index contributed by atoms with van der Waals surface area (Å²) in [5.74, 6) is -0.382. The van der Waals surface area contributed by atoms with Gasteiger partial charge in [-0.05, 0) is 31.5 Å². The van der Waals surface area contributed by atoms with Crippen LogP contribution in [0, 0.1) is 11.7 Å². The highest BCUT2D eigenvalue weighted by Gasteiger charge is 2.64. The lowest BCUT2D eigenvalue weighted by atomic mass is 9.82. The minimum absolute atomic E-state index is 0.0197. The molecule has 5 heteroatoms. The Bertz CT molecular complexity index is 468. The van der Waals surface area contributed by atoms with E-state index in [9.17, 15) is 8.78 Å². The summed E-state index contributed by atoms with van der Waals surface area (Å²) in [5.41, 5.74) is 2.01. The molecular formula is C12H12BrF2NO. The molecule has 0 bridgehead atoms. The van der Waals surface area contributed by atoms with Crippen molar-refractivity contribution >= 4 is 15.9 Å². The lowest BCUT2D eigenvalue weighted by molar-refractivity contribution is -0.0114. The van der Waals surface area contributed by atoms with Crippen LogP contribution < -0.4 is 5.48 Å². The van der Waals surface area contributed by atoms with Crippen molar-refractivity contribution in [3.05, 3.63) is 34.1 Å². The first-order valence-electron chi connectivity index (χ1n) is 5.58. The second-order valence-corrected chi connectivity index (χ2v) is 5.63. The molecule has 2 fully saturated rings. The molecule has 1 saturated carbocycles. The molecule has 2 nitrogen and oxygen atoms in total. The Hall–Kier alpha value is -0.520. The number of nitrogens with one attached hydrogen (secondary N) is 1. The number of hydrogen-bond acceptors (Lipinski definition) is 2. The van der Waals surface area contributed by atoms with Gasteiger partial charge in [0.1, 0.15) is 17.5 Å². The number of rotatable bonds is 2. The van der Waals surface area contributed by atoms with Crippen LogP contribution in [0.15, 0.2) is 22.7 Å². The van der Waals surface area contributed by atoms with Crippen molar-refractivity contribution in [2.45, 2.75) is 31.2 Å². The summed E-state index contributed by atoms with van der Waals surface area (Å²) in [4.78, 5) is 5.28. The molecule has 1 aromatic rings. The zero-order valence-electron chi connectivity index (χ0n) is 9.21. The summed E-state index contributed by atoms with van der Waals surface area (Å²) in [5, 5.41) is 0. The fraction of sp³-hybridized carbons (Fsp3) is 0.500. The number of alkyl halides is 1. The fourth-order valence-corrected chi connectivity index (χ4v) is 3.05. The second-order valence-electron chi connectivity index (χ2n) is 4.71. The van der Waals surface area contributed by atoms with Gasteiger partial charge in [-0.3, -0.25) is 4.84 Å². The predicted molar refractivity (Wildman–Crippen MR) is 62.5 cm³/mol. The zero-order valence-corrected chi connectivity index (χ0v) is 10.8. The maximum Gasteiger partial charge on any atom is 0.128 e. The van der Waals surface area contributed by atoms with Crippen LogP contribution in [-0.2, 0) is 10.4 Å². The van der Waals surface area contributed by atoms with Crippen molar-refractivity contribution in [2.24, 2.45) is 5.92 Å². The molecule has 0 spiro atoms. The van der Waals surface area contributed by atoms with Crippen LogP contribution in [0.5, 0.6) is 0 Å². The number of fused-ring (bicyclic) bond motifs is 1. The van der Waals surface area contributed by atoms with Crippen molar-refractivity contribution in [3.8, 4) is 0 Å². The zero-order chi connectivity index (χ0) is 12.2. The number of hydroxylamine groups is 1. The molecule has 1 aliphatic carbocycles. The maximum absolute atomic E-state index is 14.0. The summed E-state index contributed by atoms with van der Waals surface area (Å²) in [6.07, 6.45) is -0.414. The molecule has 1 N–H and O–H groups in total. The summed E-state index contributed by atoms with van der Waals surface area (Å²) in [6, 6.07) is 4.58. The van der Waals surface area contributed by atoms with E-state index in [1.54, 1.807) is 12.1 Å². The molecule has 0 aromatic heterocycles. The first-order valence-corrected chi connectivity index (χ1v) is 6.37. The number of halogens is 3. The molecule has 4 atom stereocenters. The standard InChI is InChI=1S/C12H12BrF2NO/c1-6(14)12(9-5-11(9)17-16-12)8-4-7(13)2-3-10(8)15/h2-4,6,9,11,16H,5H2,1H3/t6?,9-,11+,12+/m0/s1. The van der Waals surface area contributed by atoms with E-state index >= 15 is 0 Å². The lowest BCUT2D eigenvalue weighted by Gasteiger charge is -2.32. The molecule has 0 radical (unpaired) electrons. The Labute approximate surface area is 106 Å². The highest BCUT2D eigenvalue weighted by Crippen LogP contribution is 2.55. The normalized spacial score (nSPS) is 36.7. The van der Waals surface area contributed by atoms with Gasteiger partial charge in [-0.15, -0.1) is 0 Å². The van der Waals surface area contributed by atoms with E-state index in [1.807, 2.05) is 0 Å². The van der Waals surface area contributed by atoms with Crippen LogP contribution in [0.4, 0.5) is 8.78 Å². The van der Waals surface area contributed by atoms with Crippen molar-refractivity contribution in [2.75, 3.05) is 0 Å². The van der Waals surface area contributed by atoms with Gasteiger partial charge in [-0.25, -0.2) is 8.78 Å². The van der Waals surface area contributed by atoms with Gasteiger partial charge >= 0.3 is 0 Å². The molecule has 1 aromatic carbocycles. The monoisotopic (exact) mass is 303 g/mol. The van der Waals surface area contributed by atoms with Crippen molar-refractivity contribution in [1.82, 2.24) is 5.48 Å². The molecule has 0 amide bonds. The minimum atomic E-state index is -1.22. The molecular weight excluding hydrogens is 292 g/mol. The largest absolute Gasteiger partial charge is 0.297 e. The lowest BCUT2D eigenvalue weighted by Crippen LogP contribution is -2.47. The average molecular weight is 304 g/mol. The first-order chi connectivity index (χ1) is 8.05. The number of benzene rings is 1. The average Bonchev–Trinajstić information content (AvgIpc) is 2.97. The third-order valence-electron chi connectivity index (χ3n) is 3.70. The quantitative estimate of drug-likeness (QED) is 0.906. The highest BCUT2D eigenvalue weighted by atomic mass is 79.9. The van der Waals surface area contributed by atoms with Crippen molar-refractivity contribution in [1.29, 1.82) is 0 Å². The Morgan fingerprint density at radius 3 is 2.88 bits per heavy atom. The van der Waals surface area contributed by atoms with Gasteiger partial charge in [-0.2, -0.15) is 5.48 Å². The molecule has 92 valence electrons. The van der Waals surface area contributed by atoms with E-state index in [2.05, 4.69) is 21.4 Å². The molecule has 1 unspecified atom stereocenters. The predicted octanol–water partition coefficient (Wildman–Crippen LogP) is 3.06. The molecule has 3 rings (SSSR count).